The molecule has 3 rings (SSSR count). The van der Waals surface area contributed by atoms with Gasteiger partial charge in [0.05, 0.1) is 11.4 Å². The number of aryl methyl sites for hydroxylation is 1. The molecule has 0 bridgehead atoms. The lowest BCUT2D eigenvalue weighted by Crippen LogP contribution is -2.47. The third-order valence-electron chi connectivity index (χ3n) is 4.74. The molecule has 1 aromatic carbocycles. The van der Waals surface area contributed by atoms with Crippen LogP contribution >= 0.6 is 0 Å². The lowest BCUT2D eigenvalue weighted by Gasteiger charge is -2.45. The van der Waals surface area contributed by atoms with Gasteiger partial charge in [0.2, 0.25) is 0 Å². The van der Waals surface area contributed by atoms with E-state index < -0.39 is 0 Å². The van der Waals surface area contributed by atoms with E-state index in [-0.39, 0.29) is 0 Å². The molecule has 2 aliphatic rings. The summed E-state index contributed by atoms with van der Waals surface area (Å²) in [7, 11) is 0. The average molecular weight is 244 g/mol. The van der Waals surface area contributed by atoms with Crippen LogP contribution in [0.4, 0.5) is 11.4 Å². The van der Waals surface area contributed by atoms with Crippen molar-refractivity contribution in [2.75, 3.05) is 17.2 Å². The van der Waals surface area contributed by atoms with Crippen molar-refractivity contribution >= 4 is 11.4 Å². The third-order valence-corrected chi connectivity index (χ3v) is 4.74. The van der Waals surface area contributed by atoms with Gasteiger partial charge in [-0.1, -0.05) is 18.9 Å². The van der Waals surface area contributed by atoms with Gasteiger partial charge in [-0.15, -0.1) is 0 Å². The fourth-order valence-corrected chi connectivity index (χ4v) is 3.86. The number of nitrogen functional groups attached to an aromatic ring is 1. The normalized spacial score (nSPS) is 27.9. The summed E-state index contributed by atoms with van der Waals surface area (Å²) >= 11 is 0. The summed E-state index contributed by atoms with van der Waals surface area (Å²) in [6, 6.07) is 7.28. The van der Waals surface area contributed by atoms with Crippen LogP contribution in [-0.2, 0) is 0 Å². The second-order valence-electron chi connectivity index (χ2n) is 6.01. The summed E-state index contributed by atoms with van der Waals surface area (Å²) in [4.78, 5) is 2.60. The molecule has 1 saturated heterocycles. The van der Waals surface area contributed by atoms with Crippen LogP contribution in [0.25, 0.3) is 0 Å². The van der Waals surface area contributed by atoms with E-state index in [0.29, 0.717) is 0 Å². The van der Waals surface area contributed by atoms with Gasteiger partial charge in [-0.25, -0.2) is 0 Å². The number of nitrogens with zero attached hydrogens (tertiary/aromatic N) is 1. The van der Waals surface area contributed by atoms with E-state index in [4.69, 9.17) is 5.73 Å². The first-order valence-electron chi connectivity index (χ1n) is 7.38. The molecule has 0 radical (unpaired) electrons. The highest BCUT2D eigenvalue weighted by molar-refractivity contribution is 5.69. The minimum atomic E-state index is 0.748. The molecule has 2 heteroatoms. The molecule has 2 nitrogen and oxygen atoms in total. The summed E-state index contributed by atoms with van der Waals surface area (Å²) in [6.07, 6.45) is 8.36. The van der Waals surface area contributed by atoms with Crippen LogP contribution in [0.15, 0.2) is 18.2 Å². The van der Waals surface area contributed by atoms with E-state index in [9.17, 15) is 0 Å². The van der Waals surface area contributed by atoms with Gasteiger partial charge >= 0.3 is 0 Å². The zero-order valence-electron chi connectivity index (χ0n) is 11.4. The quantitative estimate of drug-likeness (QED) is 0.763. The van der Waals surface area contributed by atoms with Crippen molar-refractivity contribution in [1.29, 1.82) is 0 Å². The van der Waals surface area contributed by atoms with Crippen molar-refractivity contribution in [3.63, 3.8) is 0 Å². The number of benzene rings is 1. The molecule has 0 amide bonds. The van der Waals surface area contributed by atoms with Gasteiger partial charge in [-0.05, 0) is 56.2 Å². The first-order valence-corrected chi connectivity index (χ1v) is 7.38. The topological polar surface area (TPSA) is 29.3 Å². The highest BCUT2D eigenvalue weighted by atomic mass is 15.2. The molecule has 2 atom stereocenters. The Kier molecular flexibility index (Phi) is 3.19. The van der Waals surface area contributed by atoms with E-state index in [1.165, 1.54) is 56.3 Å². The Labute approximate surface area is 110 Å². The Hall–Kier alpha value is -1.18. The van der Waals surface area contributed by atoms with Gasteiger partial charge in [0.15, 0.2) is 0 Å². The standard InChI is InChI=1S/C16H24N2/c1-12-8-9-16(14(17)11-12)18-10-4-6-13-5-2-3-7-15(13)18/h8-9,11,13,15H,2-7,10,17H2,1H3. The highest BCUT2D eigenvalue weighted by Crippen LogP contribution is 2.39. The fraction of sp³-hybridized carbons (Fsp3) is 0.625. The first-order chi connectivity index (χ1) is 8.75. The highest BCUT2D eigenvalue weighted by Gasteiger charge is 2.33. The van der Waals surface area contributed by atoms with Gasteiger partial charge in [-0.2, -0.15) is 0 Å². The molecule has 1 saturated carbocycles. The van der Waals surface area contributed by atoms with Crippen LogP contribution in [0.5, 0.6) is 0 Å². The number of anilines is 2. The second-order valence-corrected chi connectivity index (χ2v) is 6.01. The minimum Gasteiger partial charge on any atom is -0.397 e. The fourth-order valence-electron chi connectivity index (χ4n) is 3.86. The Balaban J connectivity index is 1.89. The zero-order valence-corrected chi connectivity index (χ0v) is 11.4. The Morgan fingerprint density at radius 1 is 1.11 bits per heavy atom. The van der Waals surface area contributed by atoms with E-state index in [2.05, 4.69) is 30.0 Å². The molecule has 0 spiro atoms. The molecule has 2 fully saturated rings. The number of hydrogen-bond acceptors (Lipinski definition) is 2. The number of nitrogens with two attached hydrogens (primary N) is 1. The Bertz CT molecular complexity index is 425. The molecule has 1 aliphatic carbocycles. The molecule has 1 aliphatic heterocycles. The molecule has 2 N–H and O–H groups in total. The van der Waals surface area contributed by atoms with Crippen molar-refractivity contribution in [3.8, 4) is 0 Å². The SMILES string of the molecule is Cc1ccc(N2CCCC3CCCCC32)c(N)c1. The van der Waals surface area contributed by atoms with Crippen molar-refractivity contribution in [2.24, 2.45) is 5.92 Å². The summed E-state index contributed by atoms with van der Waals surface area (Å²) < 4.78 is 0. The van der Waals surface area contributed by atoms with Crippen LogP contribution in [0, 0.1) is 12.8 Å². The minimum absolute atomic E-state index is 0.748. The molecule has 1 heterocycles. The van der Waals surface area contributed by atoms with E-state index in [1.54, 1.807) is 0 Å². The Morgan fingerprint density at radius 2 is 1.89 bits per heavy atom. The zero-order chi connectivity index (χ0) is 12.5. The van der Waals surface area contributed by atoms with Crippen LogP contribution in [-0.4, -0.2) is 12.6 Å². The maximum Gasteiger partial charge on any atom is 0.0602 e. The van der Waals surface area contributed by atoms with Gasteiger partial charge in [0, 0.05) is 12.6 Å². The van der Waals surface area contributed by atoms with Gasteiger partial charge in [0.1, 0.15) is 0 Å². The molecule has 2 unspecified atom stereocenters. The number of fused-ring (bicyclic) bond motifs is 1. The van der Waals surface area contributed by atoms with Crippen LogP contribution < -0.4 is 10.6 Å². The van der Waals surface area contributed by atoms with Gasteiger partial charge in [-0.3, -0.25) is 0 Å². The second kappa shape index (κ2) is 4.83. The predicted molar refractivity (Wildman–Crippen MR) is 77.9 cm³/mol. The number of piperidine rings is 1. The Morgan fingerprint density at radius 3 is 2.72 bits per heavy atom. The van der Waals surface area contributed by atoms with Crippen LogP contribution in [0.2, 0.25) is 0 Å². The monoisotopic (exact) mass is 244 g/mol. The van der Waals surface area contributed by atoms with Gasteiger partial charge < -0.3 is 10.6 Å². The lowest BCUT2D eigenvalue weighted by molar-refractivity contribution is 0.244. The average Bonchev–Trinajstić information content (AvgIpc) is 2.38. The maximum atomic E-state index is 6.23. The van der Waals surface area contributed by atoms with Crippen molar-refractivity contribution in [1.82, 2.24) is 0 Å². The van der Waals surface area contributed by atoms with Crippen molar-refractivity contribution < 1.29 is 0 Å². The summed E-state index contributed by atoms with van der Waals surface area (Å²) in [6.45, 7) is 3.30. The van der Waals surface area contributed by atoms with E-state index in [1.807, 2.05) is 0 Å². The third kappa shape index (κ3) is 2.09. The molecular formula is C16H24N2. The molecule has 18 heavy (non-hydrogen) atoms. The smallest absolute Gasteiger partial charge is 0.0602 e. The number of rotatable bonds is 1. The first kappa shape index (κ1) is 11.9. The molecule has 0 aromatic heterocycles. The van der Waals surface area contributed by atoms with E-state index in [0.717, 1.165) is 17.6 Å². The maximum absolute atomic E-state index is 6.23. The van der Waals surface area contributed by atoms with Crippen molar-refractivity contribution in [3.05, 3.63) is 23.8 Å². The largest absolute Gasteiger partial charge is 0.397 e. The molecular weight excluding hydrogens is 220 g/mol. The molecule has 1 aromatic rings. The van der Waals surface area contributed by atoms with E-state index >= 15 is 0 Å². The van der Waals surface area contributed by atoms with Crippen molar-refractivity contribution in [2.45, 2.75) is 51.5 Å². The van der Waals surface area contributed by atoms with Crippen LogP contribution in [0.1, 0.15) is 44.1 Å². The summed E-state index contributed by atoms with van der Waals surface area (Å²) in [5.74, 6) is 0.910. The summed E-state index contributed by atoms with van der Waals surface area (Å²) in [5, 5.41) is 0. The molecule has 98 valence electrons. The van der Waals surface area contributed by atoms with Gasteiger partial charge in [0.25, 0.3) is 0 Å². The number of hydrogen-bond donors (Lipinski definition) is 1. The summed E-state index contributed by atoms with van der Waals surface area (Å²) in [5.41, 5.74) is 9.72. The predicted octanol–water partition coefficient (Wildman–Crippen LogP) is 3.74. The van der Waals surface area contributed by atoms with Crippen LogP contribution in [0.3, 0.4) is 0 Å². The lowest BCUT2D eigenvalue weighted by atomic mass is 9.78.